The number of aromatic nitrogens is 3. The van der Waals surface area contributed by atoms with Crippen molar-refractivity contribution in [1.82, 2.24) is 15.2 Å². The molecule has 0 atom stereocenters. The summed E-state index contributed by atoms with van der Waals surface area (Å²) in [6.07, 6.45) is 0. The van der Waals surface area contributed by atoms with Crippen LogP contribution in [0.4, 0.5) is 5.69 Å². The summed E-state index contributed by atoms with van der Waals surface area (Å²) in [5.74, 6) is 3.08. The summed E-state index contributed by atoms with van der Waals surface area (Å²) in [4.78, 5) is 16.5. The lowest BCUT2D eigenvalue weighted by Gasteiger charge is -2.09. The van der Waals surface area contributed by atoms with Crippen molar-refractivity contribution in [1.29, 1.82) is 0 Å². The maximum Gasteiger partial charge on any atom is 0.262 e. The van der Waals surface area contributed by atoms with Gasteiger partial charge in [-0.05, 0) is 55.5 Å². The van der Waals surface area contributed by atoms with E-state index in [4.69, 9.17) is 9.47 Å². The van der Waals surface area contributed by atoms with Gasteiger partial charge < -0.3 is 14.8 Å². The lowest BCUT2D eigenvalue weighted by atomic mass is 10.2. The van der Waals surface area contributed by atoms with E-state index in [1.165, 1.54) is 0 Å². The van der Waals surface area contributed by atoms with Crippen molar-refractivity contribution in [3.05, 3.63) is 84.7 Å². The van der Waals surface area contributed by atoms with Gasteiger partial charge in [0.05, 0.1) is 0 Å². The Morgan fingerprint density at radius 2 is 1.67 bits per heavy atom. The number of hydrogen-bond acceptors (Lipinski definition) is 5. The Kier molecular flexibility index (Phi) is 5.70. The number of benzene rings is 3. The van der Waals surface area contributed by atoms with Crippen molar-refractivity contribution in [2.45, 2.75) is 6.92 Å². The average Bonchev–Trinajstić information content (AvgIpc) is 3.21. The molecule has 0 unspecified atom stereocenters. The number of rotatable bonds is 7. The van der Waals surface area contributed by atoms with Crippen LogP contribution in [0, 0.1) is 6.92 Å². The first-order chi connectivity index (χ1) is 14.7. The number of hydrogen-bond donors (Lipinski definition) is 2. The first kappa shape index (κ1) is 19.2. The highest BCUT2D eigenvalue weighted by Gasteiger charge is 2.08. The van der Waals surface area contributed by atoms with Gasteiger partial charge in [0.15, 0.2) is 12.4 Å². The van der Waals surface area contributed by atoms with Crippen LogP contribution in [0.2, 0.25) is 0 Å². The third-order valence-corrected chi connectivity index (χ3v) is 4.17. The highest BCUT2D eigenvalue weighted by molar-refractivity contribution is 5.92. The Hall–Kier alpha value is -4.13. The number of H-pyrrole nitrogens is 1. The minimum absolute atomic E-state index is 0.108. The molecule has 0 aliphatic rings. The number of nitrogens with zero attached hydrogens (tertiary/aromatic N) is 2. The average molecular weight is 400 g/mol. The van der Waals surface area contributed by atoms with Gasteiger partial charge in [-0.1, -0.05) is 30.3 Å². The second-order valence-electron chi connectivity index (χ2n) is 6.55. The molecule has 0 bridgehead atoms. The van der Waals surface area contributed by atoms with Crippen LogP contribution in [0.1, 0.15) is 5.82 Å². The number of nitrogens with one attached hydrogen (secondary N) is 2. The fraction of sp³-hybridized carbons (Fsp3) is 0.0870. The lowest BCUT2D eigenvalue weighted by molar-refractivity contribution is -0.118. The molecule has 1 amide bonds. The van der Waals surface area contributed by atoms with Gasteiger partial charge in [0.2, 0.25) is 0 Å². The smallest absolute Gasteiger partial charge is 0.262 e. The number of para-hydroxylation sites is 1. The number of carbonyl (C=O) groups excluding carboxylic acids is 1. The normalized spacial score (nSPS) is 10.4. The third kappa shape index (κ3) is 5.02. The molecule has 7 nitrogen and oxygen atoms in total. The summed E-state index contributed by atoms with van der Waals surface area (Å²) in [5.41, 5.74) is 1.46. The van der Waals surface area contributed by atoms with Crippen molar-refractivity contribution >= 4 is 11.6 Å². The maximum atomic E-state index is 12.2. The fourth-order valence-electron chi connectivity index (χ4n) is 2.78. The fourth-order valence-corrected chi connectivity index (χ4v) is 2.78. The molecule has 7 heteroatoms. The molecule has 4 rings (SSSR count). The van der Waals surface area contributed by atoms with Crippen LogP contribution in [-0.4, -0.2) is 27.7 Å². The summed E-state index contributed by atoms with van der Waals surface area (Å²) in [5, 5.41) is 9.76. The van der Waals surface area contributed by atoms with E-state index in [0.717, 1.165) is 17.1 Å². The molecule has 150 valence electrons. The van der Waals surface area contributed by atoms with Crippen molar-refractivity contribution in [2.24, 2.45) is 0 Å². The first-order valence-corrected chi connectivity index (χ1v) is 9.41. The molecule has 1 aromatic heterocycles. The molecular weight excluding hydrogens is 380 g/mol. The van der Waals surface area contributed by atoms with Gasteiger partial charge in [0.25, 0.3) is 5.91 Å². The van der Waals surface area contributed by atoms with Gasteiger partial charge in [-0.15, -0.1) is 0 Å². The van der Waals surface area contributed by atoms with Gasteiger partial charge >= 0.3 is 0 Å². The van der Waals surface area contributed by atoms with Crippen molar-refractivity contribution in [3.8, 4) is 28.6 Å². The summed E-state index contributed by atoms with van der Waals surface area (Å²) in [6.45, 7) is 1.72. The number of carbonyl (C=O) groups is 1. The van der Waals surface area contributed by atoms with Gasteiger partial charge in [0.1, 0.15) is 23.1 Å². The second kappa shape index (κ2) is 8.91. The van der Waals surface area contributed by atoms with E-state index in [0.29, 0.717) is 23.0 Å². The zero-order valence-electron chi connectivity index (χ0n) is 16.3. The number of amides is 1. The van der Waals surface area contributed by atoms with E-state index in [2.05, 4.69) is 20.5 Å². The number of anilines is 1. The Labute approximate surface area is 173 Å². The molecule has 30 heavy (non-hydrogen) atoms. The summed E-state index contributed by atoms with van der Waals surface area (Å²) in [7, 11) is 0. The van der Waals surface area contributed by atoms with Gasteiger partial charge in [-0.25, -0.2) is 4.98 Å². The predicted molar refractivity (Wildman–Crippen MR) is 114 cm³/mol. The molecule has 3 aromatic carbocycles. The van der Waals surface area contributed by atoms with Gasteiger partial charge in [-0.3, -0.25) is 9.89 Å². The third-order valence-electron chi connectivity index (χ3n) is 4.17. The molecule has 0 saturated heterocycles. The number of ether oxygens (including phenoxy) is 2. The molecule has 0 aliphatic heterocycles. The SMILES string of the molecule is Cc1nc(-c2cccc(NC(=O)COc3ccc(Oc4ccccc4)cc3)c2)n[nH]1. The molecule has 4 aromatic rings. The predicted octanol–water partition coefficient (Wildman–Crippen LogP) is 4.59. The molecule has 0 radical (unpaired) electrons. The first-order valence-electron chi connectivity index (χ1n) is 9.41. The topological polar surface area (TPSA) is 89.1 Å². The zero-order valence-corrected chi connectivity index (χ0v) is 16.3. The van der Waals surface area contributed by atoms with E-state index in [1.54, 1.807) is 30.3 Å². The highest BCUT2D eigenvalue weighted by atomic mass is 16.5. The van der Waals surface area contributed by atoms with E-state index >= 15 is 0 Å². The number of aryl methyl sites for hydroxylation is 1. The Balaban J connectivity index is 1.30. The molecule has 2 N–H and O–H groups in total. The summed E-state index contributed by atoms with van der Waals surface area (Å²) < 4.78 is 11.3. The van der Waals surface area contributed by atoms with E-state index in [9.17, 15) is 4.79 Å². The Morgan fingerprint density at radius 3 is 2.40 bits per heavy atom. The summed E-state index contributed by atoms with van der Waals surface area (Å²) >= 11 is 0. The highest BCUT2D eigenvalue weighted by Crippen LogP contribution is 2.24. The van der Waals surface area contributed by atoms with Crippen molar-refractivity contribution < 1.29 is 14.3 Å². The van der Waals surface area contributed by atoms with Gasteiger partial charge in [-0.2, -0.15) is 5.10 Å². The number of aromatic amines is 1. The maximum absolute atomic E-state index is 12.2. The van der Waals surface area contributed by atoms with E-state index in [-0.39, 0.29) is 12.5 Å². The van der Waals surface area contributed by atoms with Crippen molar-refractivity contribution in [2.75, 3.05) is 11.9 Å². The monoisotopic (exact) mass is 400 g/mol. The molecule has 0 spiro atoms. The summed E-state index contributed by atoms with van der Waals surface area (Å²) in [6, 6.07) is 24.0. The largest absolute Gasteiger partial charge is 0.484 e. The minimum atomic E-state index is -0.261. The van der Waals surface area contributed by atoms with E-state index < -0.39 is 0 Å². The van der Waals surface area contributed by atoms with Crippen LogP contribution in [0.5, 0.6) is 17.2 Å². The quantitative estimate of drug-likeness (QED) is 0.474. The molecule has 0 aliphatic carbocycles. The van der Waals surface area contributed by atoms with Crippen LogP contribution in [0.25, 0.3) is 11.4 Å². The van der Waals surface area contributed by atoms with Crippen LogP contribution >= 0.6 is 0 Å². The zero-order chi connectivity index (χ0) is 20.8. The van der Waals surface area contributed by atoms with Gasteiger partial charge in [0, 0.05) is 11.3 Å². The van der Waals surface area contributed by atoms with E-state index in [1.807, 2.05) is 55.5 Å². The standard InChI is InChI=1S/C23H20N4O3/c1-16-24-23(27-26-16)17-6-5-7-18(14-17)25-22(28)15-29-19-10-12-21(13-11-19)30-20-8-3-2-4-9-20/h2-14H,15H2,1H3,(H,25,28)(H,24,26,27). The molecule has 0 saturated carbocycles. The Bertz CT molecular complexity index is 1120. The second-order valence-corrected chi connectivity index (χ2v) is 6.55. The van der Waals surface area contributed by atoms with Crippen LogP contribution in [0.15, 0.2) is 78.9 Å². The lowest BCUT2D eigenvalue weighted by Crippen LogP contribution is -2.20. The van der Waals surface area contributed by atoms with Crippen LogP contribution in [-0.2, 0) is 4.79 Å². The van der Waals surface area contributed by atoms with Crippen LogP contribution < -0.4 is 14.8 Å². The molecule has 1 heterocycles. The Morgan fingerprint density at radius 1 is 0.933 bits per heavy atom. The minimum Gasteiger partial charge on any atom is -0.484 e. The molecular formula is C23H20N4O3. The molecule has 0 fully saturated rings. The van der Waals surface area contributed by atoms with Crippen molar-refractivity contribution in [3.63, 3.8) is 0 Å². The van der Waals surface area contributed by atoms with Crippen LogP contribution in [0.3, 0.4) is 0 Å².